The Balaban J connectivity index is 2.15. The second kappa shape index (κ2) is 4.45. The average Bonchev–Trinajstić information content (AvgIpc) is 2.28. The second-order valence-corrected chi connectivity index (χ2v) is 4.95. The topological polar surface area (TPSA) is 58.7 Å². The Morgan fingerprint density at radius 2 is 1.94 bits per heavy atom. The molecule has 1 heterocycles. The van der Waals surface area contributed by atoms with Crippen molar-refractivity contribution < 1.29 is 9.84 Å². The number of hydrogen-bond donors (Lipinski definition) is 2. The first-order valence-corrected chi connectivity index (χ1v) is 5.92. The van der Waals surface area contributed by atoms with Crippen LogP contribution in [0.4, 0.5) is 11.4 Å². The smallest absolute Gasteiger partial charge is 0.122 e. The molecule has 4 nitrogen and oxygen atoms in total. The summed E-state index contributed by atoms with van der Waals surface area (Å²) in [6, 6.07) is 5.74. The molecule has 1 aromatic rings. The van der Waals surface area contributed by atoms with Crippen LogP contribution in [-0.4, -0.2) is 30.9 Å². The summed E-state index contributed by atoms with van der Waals surface area (Å²) in [6.45, 7) is 3.59. The van der Waals surface area contributed by atoms with Gasteiger partial charge >= 0.3 is 0 Å². The molecule has 0 saturated carbocycles. The van der Waals surface area contributed by atoms with E-state index in [1.54, 1.807) is 7.11 Å². The van der Waals surface area contributed by atoms with E-state index in [9.17, 15) is 5.11 Å². The maximum absolute atomic E-state index is 9.92. The first-order valence-electron chi connectivity index (χ1n) is 5.92. The molecule has 17 heavy (non-hydrogen) atoms. The molecule has 1 aliphatic heterocycles. The lowest BCUT2D eigenvalue weighted by Crippen LogP contribution is -2.42. The monoisotopic (exact) mass is 236 g/mol. The number of anilines is 2. The van der Waals surface area contributed by atoms with Gasteiger partial charge in [0.15, 0.2) is 0 Å². The van der Waals surface area contributed by atoms with Gasteiger partial charge in [-0.05, 0) is 25.8 Å². The second-order valence-electron chi connectivity index (χ2n) is 4.95. The standard InChI is InChI=1S/C13H20N2O2/c1-13(16)3-5-15(6-4-13)11-7-10(14)8-12(9-11)17-2/h7-9,16H,3-6,14H2,1-2H3. The number of aliphatic hydroxyl groups is 1. The zero-order valence-corrected chi connectivity index (χ0v) is 10.4. The van der Waals surface area contributed by atoms with Gasteiger partial charge in [0.2, 0.25) is 0 Å². The van der Waals surface area contributed by atoms with E-state index >= 15 is 0 Å². The zero-order valence-electron chi connectivity index (χ0n) is 10.4. The van der Waals surface area contributed by atoms with Gasteiger partial charge in [-0.3, -0.25) is 0 Å². The summed E-state index contributed by atoms with van der Waals surface area (Å²) in [6.07, 6.45) is 1.56. The Hall–Kier alpha value is -1.42. The Morgan fingerprint density at radius 3 is 2.53 bits per heavy atom. The van der Waals surface area contributed by atoms with Crippen molar-refractivity contribution in [2.45, 2.75) is 25.4 Å². The molecule has 94 valence electrons. The predicted octanol–water partition coefficient (Wildman–Crippen LogP) is 1.63. The molecule has 0 radical (unpaired) electrons. The van der Waals surface area contributed by atoms with E-state index < -0.39 is 5.60 Å². The van der Waals surface area contributed by atoms with Crippen molar-refractivity contribution in [3.63, 3.8) is 0 Å². The van der Waals surface area contributed by atoms with Gasteiger partial charge in [-0.25, -0.2) is 0 Å². The number of nitrogen functional groups attached to an aromatic ring is 1. The summed E-state index contributed by atoms with van der Waals surface area (Å²) in [7, 11) is 1.64. The van der Waals surface area contributed by atoms with E-state index in [1.165, 1.54) is 0 Å². The number of rotatable bonds is 2. The highest BCUT2D eigenvalue weighted by atomic mass is 16.5. The lowest BCUT2D eigenvalue weighted by atomic mass is 9.93. The number of piperidine rings is 1. The Kier molecular flexibility index (Phi) is 3.15. The third kappa shape index (κ3) is 2.82. The largest absolute Gasteiger partial charge is 0.497 e. The summed E-state index contributed by atoms with van der Waals surface area (Å²) in [4.78, 5) is 2.23. The lowest BCUT2D eigenvalue weighted by molar-refractivity contribution is 0.0351. The van der Waals surface area contributed by atoms with Crippen molar-refractivity contribution in [3.05, 3.63) is 18.2 Å². The van der Waals surface area contributed by atoms with Crippen molar-refractivity contribution in [2.75, 3.05) is 30.8 Å². The first-order chi connectivity index (χ1) is 8.00. The van der Waals surface area contributed by atoms with Crippen LogP contribution in [0, 0.1) is 0 Å². The lowest BCUT2D eigenvalue weighted by Gasteiger charge is -2.37. The molecule has 0 amide bonds. The number of ether oxygens (including phenoxy) is 1. The van der Waals surface area contributed by atoms with Crippen LogP contribution in [0.15, 0.2) is 18.2 Å². The maximum Gasteiger partial charge on any atom is 0.122 e. The highest BCUT2D eigenvalue weighted by Crippen LogP contribution is 2.30. The molecule has 0 unspecified atom stereocenters. The molecule has 0 aromatic heterocycles. The summed E-state index contributed by atoms with van der Waals surface area (Å²) in [5.41, 5.74) is 7.08. The van der Waals surface area contributed by atoms with Gasteiger partial charge in [-0.15, -0.1) is 0 Å². The van der Waals surface area contributed by atoms with Gasteiger partial charge in [0.25, 0.3) is 0 Å². The molecule has 4 heteroatoms. The molecule has 0 atom stereocenters. The van der Waals surface area contributed by atoms with E-state index in [0.29, 0.717) is 5.69 Å². The van der Waals surface area contributed by atoms with Crippen LogP contribution >= 0.6 is 0 Å². The van der Waals surface area contributed by atoms with Crippen LogP contribution in [-0.2, 0) is 0 Å². The van der Waals surface area contributed by atoms with Gasteiger partial charge in [0.1, 0.15) is 5.75 Å². The minimum absolute atomic E-state index is 0.527. The fraction of sp³-hybridized carbons (Fsp3) is 0.538. The Morgan fingerprint density at radius 1 is 1.29 bits per heavy atom. The van der Waals surface area contributed by atoms with Crippen LogP contribution in [0.3, 0.4) is 0 Å². The van der Waals surface area contributed by atoms with E-state index in [1.807, 2.05) is 25.1 Å². The van der Waals surface area contributed by atoms with Gasteiger partial charge in [-0.1, -0.05) is 0 Å². The molecule has 1 fully saturated rings. The number of hydrogen-bond acceptors (Lipinski definition) is 4. The van der Waals surface area contributed by atoms with Crippen LogP contribution in [0.1, 0.15) is 19.8 Å². The normalized spacial score (nSPS) is 19.1. The summed E-state index contributed by atoms with van der Waals surface area (Å²) < 4.78 is 5.21. The van der Waals surface area contributed by atoms with Crippen molar-refractivity contribution in [3.8, 4) is 5.75 Å². The highest BCUT2D eigenvalue weighted by molar-refractivity contribution is 5.60. The molecule has 1 aromatic carbocycles. The molecule has 0 spiro atoms. The number of nitrogens with two attached hydrogens (primary N) is 1. The molecule has 0 bridgehead atoms. The van der Waals surface area contributed by atoms with Crippen molar-refractivity contribution in [2.24, 2.45) is 0 Å². The number of methoxy groups -OCH3 is 1. The van der Waals surface area contributed by atoms with Gasteiger partial charge < -0.3 is 20.5 Å². The Bertz CT molecular complexity index is 394. The van der Waals surface area contributed by atoms with E-state index in [0.717, 1.165) is 37.4 Å². The fourth-order valence-electron chi connectivity index (χ4n) is 2.15. The number of benzene rings is 1. The molecule has 2 rings (SSSR count). The van der Waals surface area contributed by atoms with Crippen LogP contribution in [0.5, 0.6) is 5.75 Å². The first kappa shape index (κ1) is 12.0. The van der Waals surface area contributed by atoms with Crippen molar-refractivity contribution >= 4 is 11.4 Å². The number of nitrogens with zero attached hydrogens (tertiary/aromatic N) is 1. The predicted molar refractivity (Wildman–Crippen MR) is 69.5 cm³/mol. The van der Waals surface area contributed by atoms with Crippen LogP contribution < -0.4 is 15.4 Å². The average molecular weight is 236 g/mol. The SMILES string of the molecule is COc1cc(N)cc(N2CCC(C)(O)CC2)c1. The fourth-order valence-corrected chi connectivity index (χ4v) is 2.15. The molecule has 3 N–H and O–H groups in total. The van der Waals surface area contributed by atoms with Crippen LogP contribution in [0.25, 0.3) is 0 Å². The maximum atomic E-state index is 9.92. The summed E-state index contributed by atoms with van der Waals surface area (Å²) in [5.74, 6) is 0.775. The van der Waals surface area contributed by atoms with Crippen molar-refractivity contribution in [1.82, 2.24) is 0 Å². The van der Waals surface area contributed by atoms with E-state index in [-0.39, 0.29) is 0 Å². The zero-order chi connectivity index (χ0) is 12.5. The van der Waals surface area contributed by atoms with Gasteiger partial charge in [0.05, 0.1) is 12.7 Å². The summed E-state index contributed by atoms with van der Waals surface area (Å²) in [5, 5.41) is 9.92. The van der Waals surface area contributed by atoms with E-state index in [2.05, 4.69) is 4.90 Å². The summed E-state index contributed by atoms with van der Waals surface area (Å²) >= 11 is 0. The molecule has 1 aliphatic rings. The third-order valence-corrected chi connectivity index (χ3v) is 3.36. The third-order valence-electron chi connectivity index (χ3n) is 3.36. The molecule has 0 aliphatic carbocycles. The minimum atomic E-state index is -0.527. The van der Waals surface area contributed by atoms with Gasteiger partial charge in [-0.2, -0.15) is 0 Å². The minimum Gasteiger partial charge on any atom is -0.497 e. The highest BCUT2D eigenvalue weighted by Gasteiger charge is 2.27. The van der Waals surface area contributed by atoms with Crippen LogP contribution in [0.2, 0.25) is 0 Å². The quantitative estimate of drug-likeness (QED) is 0.766. The molecular weight excluding hydrogens is 216 g/mol. The van der Waals surface area contributed by atoms with Gasteiger partial charge in [0, 0.05) is 36.6 Å². The Labute approximate surface area is 102 Å². The molecule has 1 saturated heterocycles. The molecular formula is C13H20N2O2. The van der Waals surface area contributed by atoms with Crippen molar-refractivity contribution in [1.29, 1.82) is 0 Å². The van der Waals surface area contributed by atoms with E-state index in [4.69, 9.17) is 10.5 Å².